The van der Waals surface area contributed by atoms with Crippen molar-refractivity contribution in [3.8, 4) is 0 Å². The van der Waals surface area contributed by atoms with Gasteiger partial charge in [-0.2, -0.15) is 0 Å². The highest BCUT2D eigenvalue weighted by molar-refractivity contribution is 6.30. The van der Waals surface area contributed by atoms with Gasteiger partial charge in [-0.15, -0.1) is 0 Å². The maximum Gasteiger partial charge on any atom is 0.130 e. The van der Waals surface area contributed by atoms with Crippen molar-refractivity contribution in [3.05, 3.63) is 34.6 Å². The van der Waals surface area contributed by atoms with Crippen LogP contribution in [-0.2, 0) is 5.60 Å². The van der Waals surface area contributed by atoms with Crippen LogP contribution in [0.25, 0.3) is 0 Å². The van der Waals surface area contributed by atoms with E-state index in [9.17, 15) is 9.50 Å². The van der Waals surface area contributed by atoms with E-state index in [1.165, 1.54) is 6.07 Å². The lowest BCUT2D eigenvalue weighted by molar-refractivity contribution is 0.00910. The second-order valence-electron chi connectivity index (χ2n) is 3.94. The Bertz CT molecular complexity index is 364. The molecule has 0 aromatic heterocycles. The van der Waals surface area contributed by atoms with Gasteiger partial charge in [-0.3, -0.25) is 0 Å². The lowest BCUT2D eigenvalue weighted by Gasteiger charge is -2.33. The van der Waals surface area contributed by atoms with Gasteiger partial charge in [0.15, 0.2) is 0 Å². The molecule has 0 radical (unpaired) electrons. The standard InChI is InChI=1S/C11H13ClFNO/c12-8-2-3-9(10(13)6-8)11(15)4-1-5-14-7-11/h2-3,6,14-15H,1,4-5,7H2. The van der Waals surface area contributed by atoms with Crippen molar-refractivity contribution in [2.24, 2.45) is 0 Å². The number of hydrogen-bond donors (Lipinski definition) is 2. The minimum atomic E-state index is -1.09. The third kappa shape index (κ3) is 2.14. The predicted molar refractivity (Wildman–Crippen MR) is 57.4 cm³/mol. The van der Waals surface area contributed by atoms with Gasteiger partial charge in [-0.25, -0.2) is 4.39 Å². The van der Waals surface area contributed by atoms with Crippen molar-refractivity contribution in [3.63, 3.8) is 0 Å². The number of benzene rings is 1. The van der Waals surface area contributed by atoms with E-state index in [1.807, 2.05) is 0 Å². The summed E-state index contributed by atoms with van der Waals surface area (Å²) in [6, 6.07) is 4.40. The molecule has 1 heterocycles. The third-order valence-corrected chi connectivity index (χ3v) is 3.03. The Balaban J connectivity index is 2.35. The summed E-state index contributed by atoms with van der Waals surface area (Å²) in [7, 11) is 0. The molecule has 0 spiro atoms. The van der Waals surface area contributed by atoms with Crippen molar-refractivity contribution in [2.45, 2.75) is 18.4 Å². The third-order valence-electron chi connectivity index (χ3n) is 2.79. The molecule has 0 bridgehead atoms. The van der Waals surface area contributed by atoms with Crippen molar-refractivity contribution in [1.82, 2.24) is 5.32 Å². The highest BCUT2D eigenvalue weighted by atomic mass is 35.5. The van der Waals surface area contributed by atoms with Gasteiger partial charge in [0.25, 0.3) is 0 Å². The van der Waals surface area contributed by atoms with Crippen LogP contribution in [0.15, 0.2) is 18.2 Å². The molecule has 2 nitrogen and oxygen atoms in total. The molecule has 0 saturated carbocycles. The van der Waals surface area contributed by atoms with Crippen LogP contribution in [0.3, 0.4) is 0 Å². The minimum absolute atomic E-state index is 0.333. The fraction of sp³-hybridized carbons (Fsp3) is 0.455. The summed E-state index contributed by atoms with van der Waals surface area (Å²) in [5, 5.41) is 13.7. The highest BCUT2D eigenvalue weighted by Crippen LogP contribution is 2.31. The smallest absolute Gasteiger partial charge is 0.130 e. The molecule has 1 fully saturated rings. The maximum atomic E-state index is 13.6. The molecule has 2 rings (SSSR count). The number of nitrogens with one attached hydrogen (secondary N) is 1. The van der Waals surface area contributed by atoms with E-state index in [2.05, 4.69) is 5.32 Å². The Labute approximate surface area is 93.1 Å². The van der Waals surface area contributed by atoms with E-state index in [0.29, 0.717) is 23.6 Å². The topological polar surface area (TPSA) is 32.3 Å². The number of hydrogen-bond acceptors (Lipinski definition) is 2. The zero-order valence-electron chi connectivity index (χ0n) is 8.26. The van der Waals surface area contributed by atoms with Crippen LogP contribution in [0.2, 0.25) is 5.02 Å². The second-order valence-corrected chi connectivity index (χ2v) is 4.37. The molecule has 2 N–H and O–H groups in total. The molecule has 0 amide bonds. The molecular formula is C11H13ClFNO. The molecule has 1 atom stereocenters. The normalized spacial score (nSPS) is 26.6. The molecule has 1 aromatic rings. The summed E-state index contributed by atoms with van der Waals surface area (Å²) >= 11 is 5.66. The fourth-order valence-corrected chi connectivity index (χ4v) is 2.14. The van der Waals surface area contributed by atoms with Crippen molar-refractivity contribution < 1.29 is 9.50 Å². The Hall–Kier alpha value is -0.640. The van der Waals surface area contributed by atoms with Gasteiger partial charge in [0.1, 0.15) is 11.4 Å². The van der Waals surface area contributed by atoms with Gasteiger partial charge in [-0.1, -0.05) is 17.7 Å². The predicted octanol–water partition coefficient (Wildman–Crippen LogP) is 2.05. The molecule has 1 aliphatic heterocycles. The summed E-state index contributed by atoms with van der Waals surface area (Å²) in [5.41, 5.74) is -0.758. The monoisotopic (exact) mass is 229 g/mol. The van der Waals surface area contributed by atoms with Gasteiger partial charge >= 0.3 is 0 Å². The zero-order valence-corrected chi connectivity index (χ0v) is 9.02. The van der Waals surface area contributed by atoms with Gasteiger partial charge in [0.2, 0.25) is 0 Å². The second kappa shape index (κ2) is 4.08. The number of piperidine rings is 1. The zero-order chi connectivity index (χ0) is 10.9. The van der Waals surface area contributed by atoms with E-state index in [4.69, 9.17) is 11.6 Å². The average Bonchev–Trinajstić information content (AvgIpc) is 2.18. The molecule has 1 unspecified atom stereocenters. The molecule has 1 aliphatic rings. The van der Waals surface area contributed by atoms with Crippen molar-refractivity contribution >= 4 is 11.6 Å². The quantitative estimate of drug-likeness (QED) is 0.773. The summed E-state index contributed by atoms with van der Waals surface area (Å²) in [5.74, 6) is -0.436. The van der Waals surface area contributed by atoms with Crippen molar-refractivity contribution in [1.29, 1.82) is 0 Å². The van der Waals surface area contributed by atoms with Crippen molar-refractivity contribution in [2.75, 3.05) is 13.1 Å². The van der Waals surface area contributed by atoms with E-state index < -0.39 is 11.4 Å². The van der Waals surface area contributed by atoms with E-state index >= 15 is 0 Å². The van der Waals surface area contributed by atoms with Crippen LogP contribution >= 0.6 is 11.6 Å². The lowest BCUT2D eigenvalue weighted by Crippen LogP contribution is -2.43. The Kier molecular flexibility index (Phi) is 2.96. The average molecular weight is 230 g/mol. The first kappa shape index (κ1) is 10.9. The highest BCUT2D eigenvalue weighted by Gasteiger charge is 2.33. The summed E-state index contributed by atoms with van der Waals surface area (Å²) in [6.07, 6.45) is 1.43. The lowest BCUT2D eigenvalue weighted by atomic mass is 9.86. The Morgan fingerprint density at radius 3 is 2.87 bits per heavy atom. The number of rotatable bonds is 1. The summed E-state index contributed by atoms with van der Waals surface area (Å²) in [6.45, 7) is 1.27. The first-order valence-corrected chi connectivity index (χ1v) is 5.38. The van der Waals surface area contributed by atoms with Crippen LogP contribution in [0.1, 0.15) is 18.4 Å². The number of β-amino-alcohol motifs (C(OH)–C–C–N with tert-alkyl or cyclic N) is 1. The van der Waals surface area contributed by atoms with E-state index in [1.54, 1.807) is 12.1 Å². The van der Waals surface area contributed by atoms with Gasteiger partial charge < -0.3 is 10.4 Å². The molecule has 4 heteroatoms. The van der Waals surface area contributed by atoms with Crippen LogP contribution < -0.4 is 5.32 Å². The Morgan fingerprint density at radius 2 is 2.27 bits per heavy atom. The minimum Gasteiger partial charge on any atom is -0.384 e. The fourth-order valence-electron chi connectivity index (χ4n) is 1.99. The Morgan fingerprint density at radius 1 is 1.47 bits per heavy atom. The molecular weight excluding hydrogens is 217 g/mol. The largest absolute Gasteiger partial charge is 0.384 e. The van der Waals surface area contributed by atoms with Crippen LogP contribution in [0, 0.1) is 5.82 Å². The molecule has 15 heavy (non-hydrogen) atoms. The van der Waals surface area contributed by atoms with Gasteiger partial charge in [0.05, 0.1) is 0 Å². The first-order chi connectivity index (χ1) is 7.12. The van der Waals surface area contributed by atoms with E-state index in [-0.39, 0.29) is 0 Å². The summed E-state index contributed by atoms with van der Waals surface area (Å²) in [4.78, 5) is 0. The van der Waals surface area contributed by atoms with Crippen LogP contribution in [-0.4, -0.2) is 18.2 Å². The molecule has 82 valence electrons. The molecule has 0 aliphatic carbocycles. The summed E-state index contributed by atoms with van der Waals surface area (Å²) < 4.78 is 13.6. The van der Waals surface area contributed by atoms with Gasteiger partial charge in [-0.05, 0) is 31.5 Å². The van der Waals surface area contributed by atoms with Crippen LogP contribution in [0.5, 0.6) is 0 Å². The number of aliphatic hydroxyl groups is 1. The van der Waals surface area contributed by atoms with E-state index in [0.717, 1.165) is 13.0 Å². The van der Waals surface area contributed by atoms with Gasteiger partial charge in [0, 0.05) is 17.1 Å². The SMILES string of the molecule is OC1(c2ccc(Cl)cc2F)CCCNC1. The van der Waals surface area contributed by atoms with Crippen LogP contribution in [0.4, 0.5) is 4.39 Å². The maximum absolute atomic E-state index is 13.6. The number of halogens is 2. The molecule has 1 aromatic carbocycles. The molecule has 1 saturated heterocycles. The first-order valence-electron chi connectivity index (χ1n) is 5.00.